The molecule has 0 saturated heterocycles. The minimum Gasteiger partial charge on any atom is -0.465 e. The maximum atomic E-state index is 12.4. The number of esters is 2. The van der Waals surface area contributed by atoms with Crippen molar-refractivity contribution in [3.05, 3.63) is 37.0 Å². The Labute approximate surface area is 171 Å². The van der Waals surface area contributed by atoms with Crippen LogP contribution in [0.5, 0.6) is 0 Å². The van der Waals surface area contributed by atoms with Crippen LogP contribution >= 0.6 is 0 Å². The van der Waals surface area contributed by atoms with Crippen molar-refractivity contribution in [1.82, 2.24) is 0 Å². The monoisotopic (exact) mass is 390 g/mol. The Bertz CT molecular complexity index is 507. The fourth-order valence-corrected chi connectivity index (χ4v) is 3.36. The molecule has 4 heteroatoms. The zero-order valence-corrected chi connectivity index (χ0v) is 17.5. The van der Waals surface area contributed by atoms with E-state index in [1.165, 1.54) is 0 Å². The number of allylic oxidation sites excluding steroid dienone is 3. The lowest BCUT2D eigenvalue weighted by Crippen LogP contribution is -2.27. The van der Waals surface area contributed by atoms with Crippen molar-refractivity contribution in [1.29, 1.82) is 0 Å². The quantitative estimate of drug-likeness (QED) is 0.182. The first-order valence-corrected chi connectivity index (χ1v) is 11.0. The molecule has 0 aromatic rings. The molecule has 0 spiro atoms. The van der Waals surface area contributed by atoms with Gasteiger partial charge < -0.3 is 9.47 Å². The molecule has 4 nitrogen and oxygen atoms in total. The number of ether oxygens (including phenoxy) is 2. The third-order valence-electron chi connectivity index (χ3n) is 5.04. The van der Waals surface area contributed by atoms with Crippen LogP contribution in [0.1, 0.15) is 83.5 Å². The molecule has 0 saturated carbocycles. The molecule has 0 bridgehead atoms. The molecule has 0 heterocycles. The van der Waals surface area contributed by atoms with Crippen LogP contribution in [0.2, 0.25) is 0 Å². The Morgan fingerprint density at radius 1 is 0.893 bits per heavy atom. The fraction of sp³-hybridized carbons (Fsp3) is 0.667. The Morgan fingerprint density at radius 3 is 2.07 bits per heavy atom. The van der Waals surface area contributed by atoms with Crippen LogP contribution in [0.25, 0.3) is 0 Å². The van der Waals surface area contributed by atoms with Gasteiger partial charge in [0.25, 0.3) is 0 Å². The standard InChI is InChI=1S/C24H38O4/c1-3-5-7-9-11-15-19-27-23(25)21-17-13-14-18-22(21)24(26)28-20-16-12-10-8-6-4-2/h3-4,17,22H,1-2,5-16,18-20H2. The average Bonchev–Trinajstić information content (AvgIpc) is 2.72. The van der Waals surface area contributed by atoms with Gasteiger partial charge >= 0.3 is 11.9 Å². The second kappa shape index (κ2) is 16.1. The van der Waals surface area contributed by atoms with Gasteiger partial charge in [0.2, 0.25) is 0 Å². The summed E-state index contributed by atoms with van der Waals surface area (Å²) in [5.41, 5.74) is 0.494. The lowest BCUT2D eigenvalue weighted by atomic mass is 9.87. The molecule has 0 amide bonds. The van der Waals surface area contributed by atoms with E-state index in [1.54, 1.807) is 0 Å². The summed E-state index contributed by atoms with van der Waals surface area (Å²) in [6, 6.07) is 0. The summed E-state index contributed by atoms with van der Waals surface area (Å²) in [6.07, 6.45) is 18.5. The fourth-order valence-electron chi connectivity index (χ4n) is 3.36. The molecule has 0 fully saturated rings. The highest BCUT2D eigenvalue weighted by atomic mass is 16.5. The molecule has 0 aliphatic heterocycles. The Kier molecular flexibility index (Phi) is 14.0. The van der Waals surface area contributed by atoms with Gasteiger partial charge in [-0.05, 0) is 57.8 Å². The zero-order valence-electron chi connectivity index (χ0n) is 17.5. The third-order valence-corrected chi connectivity index (χ3v) is 5.04. The summed E-state index contributed by atoms with van der Waals surface area (Å²) in [5, 5.41) is 0. The van der Waals surface area contributed by atoms with Crippen LogP contribution in [-0.2, 0) is 19.1 Å². The van der Waals surface area contributed by atoms with Gasteiger partial charge in [0.1, 0.15) is 0 Å². The van der Waals surface area contributed by atoms with Gasteiger partial charge in [-0.3, -0.25) is 4.79 Å². The zero-order chi connectivity index (χ0) is 20.5. The van der Waals surface area contributed by atoms with E-state index in [0.29, 0.717) is 25.2 Å². The molecule has 1 atom stereocenters. The van der Waals surface area contributed by atoms with Crippen LogP contribution in [-0.4, -0.2) is 25.2 Å². The van der Waals surface area contributed by atoms with Crippen molar-refractivity contribution in [3.8, 4) is 0 Å². The first-order chi connectivity index (χ1) is 13.7. The topological polar surface area (TPSA) is 52.6 Å². The van der Waals surface area contributed by atoms with E-state index in [1.807, 2.05) is 18.2 Å². The van der Waals surface area contributed by atoms with Crippen LogP contribution in [0.15, 0.2) is 37.0 Å². The second-order valence-electron chi connectivity index (χ2n) is 7.43. The predicted octanol–water partition coefficient (Wildman–Crippen LogP) is 6.07. The van der Waals surface area contributed by atoms with Crippen LogP contribution in [0.4, 0.5) is 0 Å². The maximum absolute atomic E-state index is 12.4. The molecule has 0 aromatic heterocycles. The molecule has 1 aliphatic rings. The van der Waals surface area contributed by atoms with Crippen molar-refractivity contribution < 1.29 is 19.1 Å². The summed E-state index contributed by atoms with van der Waals surface area (Å²) in [7, 11) is 0. The Morgan fingerprint density at radius 2 is 1.46 bits per heavy atom. The Hall–Kier alpha value is -1.84. The first kappa shape index (κ1) is 24.2. The minimum atomic E-state index is -0.463. The highest BCUT2D eigenvalue weighted by Crippen LogP contribution is 2.27. The van der Waals surface area contributed by atoms with Crippen LogP contribution < -0.4 is 0 Å². The van der Waals surface area contributed by atoms with Crippen LogP contribution in [0.3, 0.4) is 0 Å². The van der Waals surface area contributed by atoms with Gasteiger partial charge in [-0.1, -0.05) is 43.9 Å². The number of carbonyl (C=O) groups is 2. The molecule has 0 radical (unpaired) electrons. The van der Waals surface area contributed by atoms with E-state index < -0.39 is 5.92 Å². The lowest BCUT2D eigenvalue weighted by molar-refractivity contribution is -0.151. The summed E-state index contributed by atoms with van der Waals surface area (Å²) in [5.74, 6) is -1.09. The van der Waals surface area contributed by atoms with E-state index in [0.717, 1.165) is 77.0 Å². The van der Waals surface area contributed by atoms with Gasteiger partial charge in [0, 0.05) is 5.57 Å². The molecule has 0 aromatic carbocycles. The summed E-state index contributed by atoms with van der Waals surface area (Å²) < 4.78 is 10.8. The summed E-state index contributed by atoms with van der Waals surface area (Å²) in [6.45, 7) is 8.27. The highest BCUT2D eigenvalue weighted by Gasteiger charge is 2.31. The molecule has 1 rings (SSSR count). The minimum absolute atomic E-state index is 0.279. The molecule has 0 N–H and O–H groups in total. The maximum Gasteiger partial charge on any atom is 0.334 e. The van der Waals surface area contributed by atoms with E-state index in [-0.39, 0.29) is 11.9 Å². The third kappa shape index (κ3) is 10.5. The van der Waals surface area contributed by atoms with Gasteiger partial charge in [0.15, 0.2) is 0 Å². The molecule has 158 valence electrons. The van der Waals surface area contributed by atoms with E-state index in [4.69, 9.17) is 9.47 Å². The number of unbranched alkanes of at least 4 members (excludes halogenated alkanes) is 8. The van der Waals surface area contributed by atoms with Gasteiger partial charge in [-0.25, -0.2) is 4.79 Å². The number of rotatable bonds is 16. The van der Waals surface area contributed by atoms with Crippen molar-refractivity contribution in [2.24, 2.45) is 5.92 Å². The average molecular weight is 391 g/mol. The van der Waals surface area contributed by atoms with Gasteiger partial charge in [-0.15, -0.1) is 13.2 Å². The summed E-state index contributed by atoms with van der Waals surface area (Å²) >= 11 is 0. The molecular weight excluding hydrogens is 352 g/mol. The highest BCUT2D eigenvalue weighted by molar-refractivity contribution is 5.95. The van der Waals surface area contributed by atoms with E-state index >= 15 is 0 Å². The molecule has 28 heavy (non-hydrogen) atoms. The van der Waals surface area contributed by atoms with Crippen LogP contribution in [0, 0.1) is 5.92 Å². The second-order valence-corrected chi connectivity index (χ2v) is 7.43. The Balaban J connectivity index is 2.28. The van der Waals surface area contributed by atoms with Crippen molar-refractivity contribution in [2.45, 2.75) is 83.5 Å². The predicted molar refractivity (Wildman–Crippen MR) is 114 cm³/mol. The largest absolute Gasteiger partial charge is 0.465 e. The van der Waals surface area contributed by atoms with E-state index in [9.17, 15) is 9.59 Å². The molecule has 1 aliphatic carbocycles. The molecule has 1 unspecified atom stereocenters. The lowest BCUT2D eigenvalue weighted by Gasteiger charge is -2.21. The van der Waals surface area contributed by atoms with Gasteiger partial charge in [-0.2, -0.15) is 0 Å². The van der Waals surface area contributed by atoms with Crippen molar-refractivity contribution in [3.63, 3.8) is 0 Å². The number of hydrogen-bond acceptors (Lipinski definition) is 4. The number of hydrogen-bond donors (Lipinski definition) is 0. The first-order valence-electron chi connectivity index (χ1n) is 11.0. The van der Waals surface area contributed by atoms with Gasteiger partial charge in [0.05, 0.1) is 19.1 Å². The summed E-state index contributed by atoms with van der Waals surface area (Å²) in [4.78, 5) is 24.8. The van der Waals surface area contributed by atoms with Crippen molar-refractivity contribution in [2.75, 3.05) is 13.2 Å². The van der Waals surface area contributed by atoms with Crippen molar-refractivity contribution >= 4 is 11.9 Å². The van der Waals surface area contributed by atoms with E-state index in [2.05, 4.69) is 13.2 Å². The molecular formula is C24H38O4. The normalized spacial score (nSPS) is 16.1. The smallest absolute Gasteiger partial charge is 0.334 e. The number of carbonyl (C=O) groups excluding carboxylic acids is 2. The SMILES string of the molecule is C=CCCCCCCOC(=O)C1=CCCCC1C(=O)OCCCCCCC=C.